The zero-order chi connectivity index (χ0) is 15.4. The van der Waals surface area contributed by atoms with Gasteiger partial charge in [0, 0.05) is 17.8 Å². The molecule has 1 atom stereocenters. The molecule has 0 radical (unpaired) electrons. The van der Waals surface area contributed by atoms with Crippen molar-refractivity contribution in [2.45, 2.75) is 13.0 Å². The van der Waals surface area contributed by atoms with Crippen LogP contribution in [0.3, 0.4) is 0 Å². The molecular weight excluding hydrogens is 276 g/mol. The average molecular weight is 291 g/mol. The topological polar surface area (TPSA) is 38.3 Å². The van der Waals surface area contributed by atoms with Gasteiger partial charge in [-0.25, -0.2) is 13.6 Å². The third-order valence-corrected chi connectivity index (χ3v) is 3.09. The van der Waals surface area contributed by atoms with Crippen LogP contribution in [0, 0.1) is 11.6 Å². The third-order valence-electron chi connectivity index (χ3n) is 3.09. The van der Waals surface area contributed by atoms with Crippen LogP contribution in [0.15, 0.2) is 42.5 Å². The van der Waals surface area contributed by atoms with Crippen LogP contribution in [0.25, 0.3) is 0 Å². The Hall–Kier alpha value is -2.43. The van der Waals surface area contributed by atoms with Crippen molar-refractivity contribution in [1.82, 2.24) is 0 Å². The average Bonchev–Trinajstić information content (AvgIpc) is 2.46. The molecule has 0 amide bonds. The Kier molecular flexibility index (Phi) is 4.52. The molecule has 2 aromatic rings. The largest absolute Gasteiger partial charge is 0.465 e. The molecule has 1 unspecified atom stereocenters. The lowest BCUT2D eigenvalue weighted by Crippen LogP contribution is -2.12. The highest BCUT2D eigenvalue weighted by Crippen LogP contribution is 2.24. The van der Waals surface area contributed by atoms with Gasteiger partial charge in [-0.2, -0.15) is 0 Å². The molecule has 0 aliphatic heterocycles. The summed E-state index contributed by atoms with van der Waals surface area (Å²) in [5.74, 6) is -1.75. The third kappa shape index (κ3) is 3.56. The number of halogens is 2. The van der Waals surface area contributed by atoms with Crippen LogP contribution in [-0.2, 0) is 4.74 Å². The minimum atomic E-state index is -0.639. The molecule has 0 saturated heterocycles. The van der Waals surface area contributed by atoms with E-state index in [4.69, 9.17) is 4.74 Å². The lowest BCUT2D eigenvalue weighted by Gasteiger charge is -2.18. The molecule has 2 aromatic carbocycles. The number of anilines is 1. The molecule has 2 rings (SSSR count). The van der Waals surface area contributed by atoms with Crippen LogP contribution in [0.1, 0.15) is 28.9 Å². The number of methoxy groups -OCH3 is 1. The summed E-state index contributed by atoms with van der Waals surface area (Å²) in [5, 5.41) is 3.06. The van der Waals surface area contributed by atoms with Gasteiger partial charge in [0.05, 0.1) is 12.7 Å². The Morgan fingerprint density at radius 3 is 2.38 bits per heavy atom. The van der Waals surface area contributed by atoms with E-state index >= 15 is 0 Å². The zero-order valence-electron chi connectivity index (χ0n) is 11.7. The van der Waals surface area contributed by atoms with Gasteiger partial charge >= 0.3 is 5.97 Å². The molecule has 0 aromatic heterocycles. The molecule has 5 heteroatoms. The van der Waals surface area contributed by atoms with E-state index in [0.29, 0.717) is 16.8 Å². The van der Waals surface area contributed by atoms with Crippen LogP contribution >= 0.6 is 0 Å². The van der Waals surface area contributed by atoms with E-state index in [1.165, 1.54) is 19.2 Å². The molecule has 0 bridgehead atoms. The summed E-state index contributed by atoms with van der Waals surface area (Å²) in [6.07, 6.45) is 0. The second kappa shape index (κ2) is 6.35. The maximum absolute atomic E-state index is 13.2. The molecule has 3 nitrogen and oxygen atoms in total. The second-order valence-corrected chi connectivity index (χ2v) is 4.61. The highest BCUT2D eigenvalue weighted by Gasteiger charge is 2.14. The molecular formula is C16H15F2NO2. The lowest BCUT2D eigenvalue weighted by molar-refractivity contribution is 0.0602. The summed E-state index contributed by atoms with van der Waals surface area (Å²) in [6.45, 7) is 1.75. The van der Waals surface area contributed by atoms with Gasteiger partial charge in [-0.3, -0.25) is 0 Å². The first-order valence-electron chi connectivity index (χ1n) is 6.41. The molecule has 0 aliphatic rings. The van der Waals surface area contributed by atoms with Crippen molar-refractivity contribution in [2.24, 2.45) is 0 Å². The standard InChI is InChI=1S/C16H15F2NO2/c1-10(11-7-12(17)9-13(18)8-11)19-15-6-4-3-5-14(15)16(20)21-2/h3-10,19H,1-2H3. The summed E-state index contributed by atoms with van der Waals surface area (Å²) < 4.78 is 31.2. The summed E-state index contributed by atoms with van der Waals surface area (Å²) in [4.78, 5) is 11.7. The summed E-state index contributed by atoms with van der Waals surface area (Å²) >= 11 is 0. The van der Waals surface area contributed by atoms with Crippen molar-refractivity contribution in [3.8, 4) is 0 Å². The fraction of sp³-hybridized carbons (Fsp3) is 0.188. The maximum Gasteiger partial charge on any atom is 0.339 e. The minimum absolute atomic E-state index is 0.365. The number of esters is 1. The molecule has 0 heterocycles. The van der Waals surface area contributed by atoms with E-state index in [9.17, 15) is 13.6 Å². The van der Waals surface area contributed by atoms with E-state index in [1.54, 1.807) is 31.2 Å². The first-order valence-corrected chi connectivity index (χ1v) is 6.41. The molecule has 0 saturated carbocycles. The van der Waals surface area contributed by atoms with Crippen molar-refractivity contribution >= 4 is 11.7 Å². The first-order chi connectivity index (χ1) is 10.0. The van der Waals surface area contributed by atoms with Gasteiger partial charge < -0.3 is 10.1 Å². The van der Waals surface area contributed by atoms with Crippen LogP contribution < -0.4 is 5.32 Å². The van der Waals surface area contributed by atoms with E-state index in [0.717, 1.165) is 6.07 Å². The van der Waals surface area contributed by atoms with Crippen molar-refractivity contribution in [1.29, 1.82) is 0 Å². The minimum Gasteiger partial charge on any atom is -0.465 e. The maximum atomic E-state index is 13.2. The van der Waals surface area contributed by atoms with Gasteiger partial charge in [0.15, 0.2) is 0 Å². The first kappa shape index (κ1) is 15.0. The lowest BCUT2D eigenvalue weighted by atomic mass is 10.1. The predicted molar refractivity (Wildman–Crippen MR) is 76.2 cm³/mol. The molecule has 110 valence electrons. The number of hydrogen-bond donors (Lipinski definition) is 1. The predicted octanol–water partition coefficient (Wildman–Crippen LogP) is 3.92. The Labute approximate surface area is 121 Å². The highest BCUT2D eigenvalue weighted by atomic mass is 19.1. The normalized spacial score (nSPS) is 11.8. The number of ether oxygens (including phenoxy) is 1. The number of nitrogens with one attached hydrogen (secondary N) is 1. The van der Waals surface area contributed by atoms with Gasteiger partial charge in [-0.15, -0.1) is 0 Å². The van der Waals surface area contributed by atoms with Crippen LogP contribution in [0.5, 0.6) is 0 Å². The Balaban J connectivity index is 2.27. The van der Waals surface area contributed by atoms with Gasteiger partial charge in [0.2, 0.25) is 0 Å². The van der Waals surface area contributed by atoms with Crippen molar-refractivity contribution in [3.63, 3.8) is 0 Å². The number of para-hydroxylation sites is 1. The van der Waals surface area contributed by atoms with Crippen molar-refractivity contribution in [3.05, 3.63) is 65.2 Å². The number of carbonyl (C=O) groups is 1. The van der Waals surface area contributed by atoms with E-state index in [-0.39, 0.29) is 6.04 Å². The van der Waals surface area contributed by atoms with Crippen molar-refractivity contribution in [2.75, 3.05) is 12.4 Å². The van der Waals surface area contributed by atoms with E-state index in [1.807, 2.05) is 0 Å². The SMILES string of the molecule is COC(=O)c1ccccc1NC(C)c1cc(F)cc(F)c1. The van der Waals surface area contributed by atoms with Crippen molar-refractivity contribution < 1.29 is 18.3 Å². The smallest absolute Gasteiger partial charge is 0.339 e. The summed E-state index contributed by atoms with van der Waals surface area (Å²) in [6, 6.07) is 9.74. The van der Waals surface area contributed by atoms with Gasteiger partial charge in [-0.05, 0) is 36.8 Å². The van der Waals surface area contributed by atoms with Gasteiger partial charge in [0.1, 0.15) is 11.6 Å². The summed E-state index contributed by atoms with van der Waals surface area (Å²) in [7, 11) is 1.30. The number of rotatable bonds is 4. The Morgan fingerprint density at radius 2 is 1.76 bits per heavy atom. The molecule has 1 N–H and O–H groups in total. The fourth-order valence-electron chi connectivity index (χ4n) is 2.04. The molecule has 21 heavy (non-hydrogen) atoms. The number of carbonyl (C=O) groups excluding carboxylic acids is 1. The van der Waals surface area contributed by atoms with Gasteiger partial charge in [0.25, 0.3) is 0 Å². The zero-order valence-corrected chi connectivity index (χ0v) is 11.7. The van der Waals surface area contributed by atoms with Crippen LogP contribution in [0.2, 0.25) is 0 Å². The second-order valence-electron chi connectivity index (χ2n) is 4.61. The monoisotopic (exact) mass is 291 g/mol. The van der Waals surface area contributed by atoms with Crippen LogP contribution in [-0.4, -0.2) is 13.1 Å². The van der Waals surface area contributed by atoms with Gasteiger partial charge in [-0.1, -0.05) is 12.1 Å². The molecule has 0 fully saturated rings. The quantitative estimate of drug-likeness (QED) is 0.868. The molecule has 0 spiro atoms. The van der Waals surface area contributed by atoms with E-state index < -0.39 is 17.6 Å². The number of hydrogen-bond acceptors (Lipinski definition) is 3. The number of benzene rings is 2. The Morgan fingerprint density at radius 1 is 1.14 bits per heavy atom. The Bertz CT molecular complexity index is 638. The summed E-state index contributed by atoms with van der Waals surface area (Å²) in [5.41, 5.74) is 1.36. The fourth-order valence-corrected chi connectivity index (χ4v) is 2.04. The highest BCUT2D eigenvalue weighted by molar-refractivity contribution is 5.95. The molecule has 0 aliphatic carbocycles. The van der Waals surface area contributed by atoms with Crippen LogP contribution in [0.4, 0.5) is 14.5 Å². The van der Waals surface area contributed by atoms with E-state index in [2.05, 4.69) is 5.32 Å².